The summed E-state index contributed by atoms with van der Waals surface area (Å²) in [7, 11) is -2.13. The fraction of sp³-hybridized carbons (Fsp3) is 0.409. The smallest absolute Gasteiger partial charge is 0.243 e. The lowest BCUT2D eigenvalue weighted by molar-refractivity contribution is -0.122. The summed E-state index contributed by atoms with van der Waals surface area (Å²) in [5.41, 5.74) is 1.08. The molecule has 1 atom stereocenters. The molecule has 0 saturated carbocycles. The zero-order valence-electron chi connectivity index (χ0n) is 17.0. The molecule has 8 heteroatoms. The summed E-state index contributed by atoms with van der Waals surface area (Å²) < 4.78 is 32.9. The van der Waals surface area contributed by atoms with Gasteiger partial charge in [0.2, 0.25) is 15.9 Å². The topological polar surface area (TPSA) is 75.7 Å². The summed E-state index contributed by atoms with van der Waals surface area (Å²) in [5.74, 6) is 0.468. The van der Waals surface area contributed by atoms with Gasteiger partial charge < -0.3 is 10.1 Å². The fourth-order valence-electron chi connectivity index (χ4n) is 3.66. The normalized spacial score (nSPS) is 17.5. The van der Waals surface area contributed by atoms with Crippen molar-refractivity contribution in [2.24, 2.45) is 0 Å². The lowest BCUT2D eigenvalue weighted by Crippen LogP contribution is -2.46. The summed E-state index contributed by atoms with van der Waals surface area (Å²) in [6.45, 7) is 0.926. The molecule has 1 aliphatic heterocycles. The molecule has 30 heavy (non-hydrogen) atoms. The molecule has 1 fully saturated rings. The molecule has 1 amide bonds. The van der Waals surface area contributed by atoms with E-state index in [2.05, 4.69) is 5.32 Å². The Morgan fingerprint density at radius 2 is 1.83 bits per heavy atom. The Morgan fingerprint density at radius 1 is 1.13 bits per heavy atom. The maximum absolute atomic E-state index is 13.1. The Morgan fingerprint density at radius 3 is 2.50 bits per heavy atom. The van der Waals surface area contributed by atoms with E-state index in [-0.39, 0.29) is 23.3 Å². The number of ether oxygens (including phenoxy) is 1. The number of methoxy groups -OCH3 is 1. The van der Waals surface area contributed by atoms with Gasteiger partial charge in [-0.2, -0.15) is 4.31 Å². The van der Waals surface area contributed by atoms with Crippen LogP contribution >= 0.6 is 11.6 Å². The third-order valence-corrected chi connectivity index (χ3v) is 7.53. The Bertz CT molecular complexity index is 946. The van der Waals surface area contributed by atoms with E-state index in [1.165, 1.54) is 11.4 Å². The second-order valence-electron chi connectivity index (χ2n) is 7.37. The Labute approximate surface area is 183 Å². The van der Waals surface area contributed by atoms with Gasteiger partial charge in [0.1, 0.15) is 5.75 Å². The van der Waals surface area contributed by atoms with Gasteiger partial charge >= 0.3 is 0 Å². The summed E-state index contributed by atoms with van der Waals surface area (Å²) in [5, 5.41) is 3.59. The largest absolute Gasteiger partial charge is 0.497 e. The van der Waals surface area contributed by atoms with Gasteiger partial charge in [-0.3, -0.25) is 4.79 Å². The van der Waals surface area contributed by atoms with Crippen LogP contribution in [0.3, 0.4) is 0 Å². The van der Waals surface area contributed by atoms with Crippen LogP contribution in [-0.2, 0) is 21.2 Å². The van der Waals surface area contributed by atoms with Crippen molar-refractivity contribution in [2.75, 3.05) is 20.2 Å². The molecule has 1 unspecified atom stereocenters. The Hall–Kier alpha value is -2.09. The maximum Gasteiger partial charge on any atom is 0.243 e. The summed E-state index contributed by atoms with van der Waals surface area (Å²) in [6.07, 6.45) is 3.25. The van der Waals surface area contributed by atoms with Crippen molar-refractivity contribution < 1.29 is 17.9 Å². The first-order chi connectivity index (χ1) is 14.4. The molecule has 1 aliphatic rings. The average Bonchev–Trinajstić information content (AvgIpc) is 2.75. The summed E-state index contributed by atoms with van der Waals surface area (Å²) in [4.78, 5) is 12.7. The van der Waals surface area contributed by atoms with Crippen LogP contribution in [0.4, 0.5) is 0 Å². The number of hydrogen-bond donors (Lipinski definition) is 1. The molecule has 1 saturated heterocycles. The molecule has 0 spiro atoms. The first kappa shape index (κ1) is 22.6. The zero-order valence-corrected chi connectivity index (χ0v) is 18.6. The lowest BCUT2D eigenvalue weighted by atomic mass is 10.0. The van der Waals surface area contributed by atoms with Crippen molar-refractivity contribution in [3.8, 4) is 5.75 Å². The third-order valence-electron chi connectivity index (χ3n) is 5.31. The molecule has 1 N–H and O–H groups in total. The molecule has 6 nitrogen and oxygen atoms in total. The molecule has 2 aromatic carbocycles. The third kappa shape index (κ3) is 5.74. The van der Waals surface area contributed by atoms with Crippen molar-refractivity contribution in [3.05, 3.63) is 59.1 Å². The lowest BCUT2D eigenvalue weighted by Gasteiger charge is -2.34. The van der Waals surface area contributed by atoms with Crippen LogP contribution in [0.1, 0.15) is 31.2 Å². The van der Waals surface area contributed by atoms with Crippen LogP contribution < -0.4 is 10.1 Å². The molecule has 0 bridgehead atoms. The van der Waals surface area contributed by atoms with Gasteiger partial charge in [-0.05, 0) is 61.2 Å². The van der Waals surface area contributed by atoms with Crippen LogP contribution in [0, 0.1) is 0 Å². The standard InChI is InChI=1S/C22H27ClN2O4S/c1-29-20-9-11-21(12-10-20)30(27,28)25-15-3-2-4-19(25)16-22(26)24-14-13-17-5-7-18(23)8-6-17/h5-12,19H,2-4,13-16H2,1H3,(H,24,26). The summed E-state index contributed by atoms with van der Waals surface area (Å²) >= 11 is 5.88. The number of hydrogen-bond acceptors (Lipinski definition) is 4. The van der Waals surface area contributed by atoms with Gasteiger partial charge in [-0.25, -0.2) is 8.42 Å². The van der Waals surface area contributed by atoms with E-state index >= 15 is 0 Å². The molecule has 3 rings (SSSR count). The van der Waals surface area contributed by atoms with Crippen LogP contribution in [0.5, 0.6) is 5.75 Å². The van der Waals surface area contributed by atoms with Crippen LogP contribution in [-0.4, -0.2) is 44.9 Å². The number of amides is 1. The van der Waals surface area contributed by atoms with Gasteiger partial charge in [0.25, 0.3) is 0 Å². The van der Waals surface area contributed by atoms with Crippen molar-refractivity contribution in [1.82, 2.24) is 9.62 Å². The SMILES string of the molecule is COc1ccc(S(=O)(=O)N2CCCCC2CC(=O)NCCc2ccc(Cl)cc2)cc1. The van der Waals surface area contributed by atoms with Gasteiger partial charge in [0.15, 0.2) is 0 Å². The van der Waals surface area contributed by atoms with E-state index < -0.39 is 10.0 Å². The average molecular weight is 451 g/mol. The highest BCUT2D eigenvalue weighted by Gasteiger charge is 2.34. The monoisotopic (exact) mass is 450 g/mol. The van der Waals surface area contributed by atoms with Crippen LogP contribution in [0.15, 0.2) is 53.4 Å². The predicted molar refractivity (Wildman–Crippen MR) is 117 cm³/mol. The molecule has 0 aliphatic carbocycles. The van der Waals surface area contributed by atoms with Crippen molar-refractivity contribution in [1.29, 1.82) is 0 Å². The number of nitrogens with zero attached hydrogens (tertiary/aromatic N) is 1. The number of halogens is 1. The van der Waals surface area contributed by atoms with Crippen molar-refractivity contribution >= 4 is 27.5 Å². The van der Waals surface area contributed by atoms with Gasteiger partial charge in [0, 0.05) is 30.6 Å². The molecular weight excluding hydrogens is 424 g/mol. The minimum atomic E-state index is -3.66. The highest BCUT2D eigenvalue weighted by Crippen LogP contribution is 2.28. The van der Waals surface area contributed by atoms with E-state index in [4.69, 9.17) is 16.3 Å². The number of carbonyl (C=O) groups excluding carboxylic acids is 1. The molecule has 1 heterocycles. The first-order valence-electron chi connectivity index (χ1n) is 10.1. The van der Waals surface area contributed by atoms with E-state index in [9.17, 15) is 13.2 Å². The minimum Gasteiger partial charge on any atom is -0.497 e. The number of nitrogens with one attached hydrogen (secondary N) is 1. The van der Waals surface area contributed by atoms with Gasteiger partial charge in [0.05, 0.1) is 12.0 Å². The second-order valence-corrected chi connectivity index (χ2v) is 9.70. The van der Waals surface area contributed by atoms with E-state index in [1.807, 2.05) is 24.3 Å². The van der Waals surface area contributed by atoms with Crippen molar-refractivity contribution in [3.63, 3.8) is 0 Å². The van der Waals surface area contributed by atoms with E-state index in [0.717, 1.165) is 18.4 Å². The van der Waals surface area contributed by atoms with Crippen molar-refractivity contribution in [2.45, 2.75) is 43.0 Å². The highest BCUT2D eigenvalue weighted by molar-refractivity contribution is 7.89. The minimum absolute atomic E-state index is 0.134. The summed E-state index contributed by atoms with van der Waals surface area (Å²) in [6, 6.07) is 13.5. The Kier molecular flexibility index (Phi) is 7.75. The maximum atomic E-state index is 13.1. The number of benzene rings is 2. The van der Waals surface area contributed by atoms with Crippen LogP contribution in [0.25, 0.3) is 0 Å². The molecule has 162 valence electrons. The highest BCUT2D eigenvalue weighted by atomic mass is 35.5. The quantitative estimate of drug-likeness (QED) is 0.666. The van der Waals surface area contributed by atoms with Gasteiger partial charge in [-0.15, -0.1) is 0 Å². The first-order valence-corrected chi connectivity index (χ1v) is 11.9. The van der Waals surface area contributed by atoms with E-state index in [1.54, 1.807) is 24.3 Å². The molecule has 0 radical (unpaired) electrons. The van der Waals surface area contributed by atoms with Gasteiger partial charge in [-0.1, -0.05) is 30.2 Å². The number of piperidine rings is 1. The molecular formula is C22H27ClN2O4S. The fourth-order valence-corrected chi connectivity index (χ4v) is 5.48. The Balaban J connectivity index is 1.60. The van der Waals surface area contributed by atoms with Crippen LogP contribution in [0.2, 0.25) is 5.02 Å². The second kappa shape index (κ2) is 10.3. The van der Waals surface area contributed by atoms with E-state index in [0.29, 0.717) is 36.7 Å². The zero-order chi connectivity index (χ0) is 21.6. The predicted octanol–water partition coefficient (Wildman–Crippen LogP) is 3.64. The number of carbonyl (C=O) groups is 1. The number of rotatable bonds is 8. The number of sulfonamides is 1. The molecule has 0 aromatic heterocycles. The molecule has 2 aromatic rings.